The van der Waals surface area contributed by atoms with Gasteiger partial charge in [-0.3, -0.25) is 9.67 Å². The van der Waals surface area contributed by atoms with Gasteiger partial charge in [0, 0.05) is 0 Å². The molecule has 0 spiro atoms. The summed E-state index contributed by atoms with van der Waals surface area (Å²) in [5, 5.41) is 26.7. The number of nitrogens with zero attached hydrogens (tertiary/aromatic N) is 2. The van der Waals surface area contributed by atoms with E-state index in [-0.39, 0.29) is 11.5 Å². The van der Waals surface area contributed by atoms with Gasteiger partial charge in [0.25, 0.3) is 0 Å². The van der Waals surface area contributed by atoms with Crippen LogP contribution < -0.4 is 0 Å². The molecule has 6 heteroatoms. The highest BCUT2D eigenvalue weighted by atomic mass is 32.1. The topological polar surface area (TPSA) is 74.1 Å². The molecule has 0 unspecified atom stereocenters. The van der Waals surface area contributed by atoms with Crippen LogP contribution in [0.1, 0.15) is 0 Å². The first kappa shape index (κ1) is 12.4. The molecule has 0 saturated heterocycles. The van der Waals surface area contributed by atoms with E-state index >= 15 is 0 Å². The molecule has 3 N–H and O–H groups in total. The Morgan fingerprint density at radius 1 is 0.950 bits per heavy atom. The van der Waals surface area contributed by atoms with E-state index in [4.69, 9.17) is 12.2 Å². The molecule has 3 aromatic rings. The van der Waals surface area contributed by atoms with Gasteiger partial charge in [-0.25, -0.2) is 0 Å². The van der Waals surface area contributed by atoms with Crippen LogP contribution in [0.25, 0.3) is 17.1 Å². The van der Waals surface area contributed by atoms with Crippen molar-refractivity contribution in [3.05, 3.63) is 53.3 Å². The average molecular weight is 285 g/mol. The number of hydrogen-bond acceptors (Lipinski definition) is 4. The molecule has 0 radical (unpaired) electrons. The second-order valence-electron chi connectivity index (χ2n) is 4.19. The van der Waals surface area contributed by atoms with Crippen LogP contribution in [0.5, 0.6) is 11.5 Å². The summed E-state index contributed by atoms with van der Waals surface area (Å²) in [7, 11) is 0. The summed E-state index contributed by atoms with van der Waals surface area (Å²) in [4.78, 5) is 0. The number of H-pyrrole nitrogens is 1. The van der Waals surface area contributed by atoms with Crippen molar-refractivity contribution in [3.63, 3.8) is 0 Å². The number of hydrogen-bond donors (Lipinski definition) is 3. The standard InChI is InChI=1S/C14H11N3O2S/c18-11-7-3-1-5-9(11)13-15-16-14(20)17(13)10-6-2-4-8-12(10)19/h1-8,18-19H,(H,16,20). The van der Waals surface area contributed by atoms with Gasteiger partial charge in [0.15, 0.2) is 10.6 Å². The molecule has 20 heavy (non-hydrogen) atoms. The molecule has 0 aliphatic heterocycles. The fourth-order valence-electron chi connectivity index (χ4n) is 2.02. The van der Waals surface area contributed by atoms with Gasteiger partial charge in [-0.05, 0) is 36.5 Å². The molecule has 100 valence electrons. The molecule has 0 fully saturated rings. The number of aromatic hydroxyl groups is 2. The predicted octanol–water partition coefficient (Wildman–Crippen LogP) is 3.01. The van der Waals surface area contributed by atoms with Crippen molar-refractivity contribution in [1.82, 2.24) is 14.8 Å². The summed E-state index contributed by atoms with van der Waals surface area (Å²) in [6.07, 6.45) is 0. The fourth-order valence-corrected chi connectivity index (χ4v) is 2.25. The van der Waals surface area contributed by atoms with Gasteiger partial charge in [-0.15, -0.1) is 0 Å². The number of phenols is 2. The molecular weight excluding hydrogens is 274 g/mol. The number of aromatic amines is 1. The fraction of sp³-hybridized carbons (Fsp3) is 0. The van der Waals surface area contributed by atoms with Gasteiger partial charge in [-0.1, -0.05) is 24.3 Å². The van der Waals surface area contributed by atoms with E-state index in [1.807, 2.05) is 0 Å². The Hall–Kier alpha value is -2.60. The smallest absolute Gasteiger partial charge is 0.200 e. The Morgan fingerprint density at radius 2 is 1.60 bits per heavy atom. The van der Waals surface area contributed by atoms with E-state index in [1.165, 1.54) is 0 Å². The largest absolute Gasteiger partial charge is 0.507 e. The zero-order valence-corrected chi connectivity index (χ0v) is 11.1. The number of benzene rings is 2. The van der Waals surface area contributed by atoms with E-state index in [0.29, 0.717) is 21.8 Å². The van der Waals surface area contributed by atoms with Crippen molar-refractivity contribution >= 4 is 12.2 Å². The quantitative estimate of drug-likeness (QED) is 0.633. The van der Waals surface area contributed by atoms with Gasteiger partial charge in [0.2, 0.25) is 0 Å². The maximum Gasteiger partial charge on any atom is 0.200 e. The number of aromatic nitrogens is 3. The van der Waals surface area contributed by atoms with Crippen molar-refractivity contribution in [3.8, 4) is 28.6 Å². The second kappa shape index (κ2) is 4.82. The van der Waals surface area contributed by atoms with Crippen LogP contribution >= 0.6 is 12.2 Å². The molecule has 0 amide bonds. The molecule has 0 saturated carbocycles. The van der Waals surface area contributed by atoms with E-state index in [2.05, 4.69) is 10.2 Å². The lowest BCUT2D eigenvalue weighted by atomic mass is 10.2. The maximum absolute atomic E-state index is 9.98. The normalized spacial score (nSPS) is 10.6. The van der Waals surface area contributed by atoms with Gasteiger partial charge in [0.05, 0.1) is 11.3 Å². The van der Waals surface area contributed by atoms with E-state index in [1.54, 1.807) is 53.1 Å². The molecule has 0 bridgehead atoms. The summed E-state index contributed by atoms with van der Waals surface area (Å²) in [6, 6.07) is 13.6. The van der Waals surface area contributed by atoms with Gasteiger partial charge < -0.3 is 10.2 Å². The van der Waals surface area contributed by atoms with Crippen LogP contribution in [0.3, 0.4) is 0 Å². The number of para-hydroxylation sites is 3. The first-order valence-electron chi connectivity index (χ1n) is 5.92. The Labute approximate surface area is 119 Å². The Morgan fingerprint density at radius 3 is 2.30 bits per heavy atom. The molecular formula is C14H11N3O2S. The third-order valence-corrected chi connectivity index (χ3v) is 3.21. The second-order valence-corrected chi connectivity index (χ2v) is 4.58. The lowest BCUT2D eigenvalue weighted by Crippen LogP contribution is -1.98. The van der Waals surface area contributed by atoms with Crippen LogP contribution in [0.2, 0.25) is 0 Å². The highest BCUT2D eigenvalue weighted by Crippen LogP contribution is 2.31. The summed E-state index contributed by atoms with van der Waals surface area (Å²) in [6.45, 7) is 0. The lowest BCUT2D eigenvalue weighted by molar-refractivity contribution is 0.471. The zero-order chi connectivity index (χ0) is 14.1. The molecule has 3 rings (SSSR count). The van der Waals surface area contributed by atoms with Crippen LogP contribution in [0, 0.1) is 4.77 Å². The monoisotopic (exact) mass is 285 g/mol. The highest BCUT2D eigenvalue weighted by molar-refractivity contribution is 7.71. The Balaban J connectivity index is 2.29. The number of rotatable bonds is 2. The molecule has 2 aromatic carbocycles. The SMILES string of the molecule is Oc1ccccc1-c1n[nH]c(=S)n1-c1ccccc1O. The first-order valence-corrected chi connectivity index (χ1v) is 6.33. The van der Waals surface area contributed by atoms with Gasteiger partial charge >= 0.3 is 0 Å². The van der Waals surface area contributed by atoms with Crippen LogP contribution in [-0.2, 0) is 0 Å². The molecule has 0 atom stereocenters. The minimum Gasteiger partial charge on any atom is -0.507 e. The average Bonchev–Trinajstić information content (AvgIpc) is 2.82. The summed E-state index contributed by atoms with van der Waals surface area (Å²) >= 11 is 5.21. The minimum atomic E-state index is 0.0849. The Kier molecular flexibility index (Phi) is 3.00. The summed E-state index contributed by atoms with van der Waals surface area (Å²) < 4.78 is 1.92. The molecule has 0 aliphatic carbocycles. The molecule has 5 nitrogen and oxygen atoms in total. The zero-order valence-electron chi connectivity index (χ0n) is 10.3. The lowest BCUT2D eigenvalue weighted by Gasteiger charge is -2.09. The highest BCUT2D eigenvalue weighted by Gasteiger charge is 2.15. The van der Waals surface area contributed by atoms with E-state index in [0.717, 1.165) is 0 Å². The Bertz CT molecular complexity index is 823. The number of phenolic OH excluding ortho intramolecular Hbond substituents is 2. The van der Waals surface area contributed by atoms with Crippen molar-refractivity contribution in [2.45, 2.75) is 0 Å². The van der Waals surface area contributed by atoms with E-state index < -0.39 is 0 Å². The summed E-state index contributed by atoms with van der Waals surface area (Å²) in [5.74, 6) is 0.620. The predicted molar refractivity (Wildman–Crippen MR) is 77.5 cm³/mol. The third kappa shape index (κ3) is 1.96. The van der Waals surface area contributed by atoms with Crippen LogP contribution in [-0.4, -0.2) is 25.0 Å². The molecule has 1 aromatic heterocycles. The van der Waals surface area contributed by atoms with Gasteiger partial charge in [-0.2, -0.15) is 5.10 Å². The van der Waals surface area contributed by atoms with Crippen molar-refractivity contribution < 1.29 is 10.2 Å². The third-order valence-electron chi connectivity index (χ3n) is 2.94. The molecule has 1 heterocycles. The summed E-state index contributed by atoms with van der Waals surface area (Å²) in [5.41, 5.74) is 1.03. The van der Waals surface area contributed by atoms with Crippen LogP contribution in [0.4, 0.5) is 0 Å². The van der Waals surface area contributed by atoms with Crippen LogP contribution in [0.15, 0.2) is 48.5 Å². The van der Waals surface area contributed by atoms with Crippen molar-refractivity contribution in [1.29, 1.82) is 0 Å². The van der Waals surface area contributed by atoms with E-state index in [9.17, 15) is 10.2 Å². The van der Waals surface area contributed by atoms with Crippen molar-refractivity contribution in [2.24, 2.45) is 0 Å². The maximum atomic E-state index is 9.98. The number of nitrogens with one attached hydrogen (secondary N) is 1. The van der Waals surface area contributed by atoms with Crippen molar-refractivity contribution in [2.75, 3.05) is 0 Å². The minimum absolute atomic E-state index is 0.0849. The van der Waals surface area contributed by atoms with Gasteiger partial charge in [0.1, 0.15) is 11.5 Å². The first-order chi connectivity index (χ1) is 9.68. The molecule has 0 aliphatic rings.